The van der Waals surface area contributed by atoms with Crippen LogP contribution < -0.4 is 5.32 Å². The summed E-state index contributed by atoms with van der Waals surface area (Å²) in [5.41, 5.74) is 0.798. The minimum atomic E-state index is -0.467. The van der Waals surface area contributed by atoms with Gasteiger partial charge >= 0.3 is 0 Å². The van der Waals surface area contributed by atoms with Crippen LogP contribution in [0.1, 0.15) is 30.9 Å². The Morgan fingerprint density at radius 2 is 1.62 bits per heavy atom. The van der Waals surface area contributed by atoms with E-state index in [4.69, 9.17) is 0 Å². The lowest BCUT2D eigenvalue weighted by Gasteiger charge is -2.35. The van der Waals surface area contributed by atoms with Crippen molar-refractivity contribution in [2.24, 2.45) is 5.92 Å². The average molecular weight is 339 g/mol. The Balaban J connectivity index is 0.00000110. The lowest BCUT2D eigenvalue weighted by Crippen LogP contribution is -2.45. The molecule has 0 aromatic heterocycles. The molecule has 2 nitrogen and oxygen atoms in total. The van der Waals surface area contributed by atoms with Crippen molar-refractivity contribution >= 4 is 24.8 Å². The largest absolute Gasteiger partial charge is 0.314 e. The molecule has 1 atom stereocenters. The first-order chi connectivity index (χ1) is 9.22. The molecule has 1 saturated heterocycles. The number of rotatable bonds is 4. The van der Waals surface area contributed by atoms with Crippen molar-refractivity contribution in [3.8, 4) is 0 Å². The standard InChI is InChI=1S/C15H20F2N2.2ClH/c16-13-8-12(9-14(17)10-13)15(7-11-1-2-11)19-5-3-18-4-6-19;;/h8-11,15,18H,1-7H2;2*1H/t15-;;/m0../s1. The van der Waals surface area contributed by atoms with Crippen LogP contribution in [-0.2, 0) is 0 Å². The van der Waals surface area contributed by atoms with Gasteiger partial charge < -0.3 is 5.32 Å². The van der Waals surface area contributed by atoms with Gasteiger partial charge in [-0.05, 0) is 30.0 Å². The molecule has 0 radical (unpaired) electrons. The summed E-state index contributed by atoms with van der Waals surface area (Å²) >= 11 is 0. The minimum Gasteiger partial charge on any atom is -0.314 e. The second-order valence-corrected chi connectivity index (χ2v) is 5.68. The number of piperazine rings is 1. The monoisotopic (exact) mass is 338 g/mol. The van der Waals surface area contributed by atoms with Gasteiger partial charge in [0.15, 0.2) is 0 Å². The molecule has 1 aromatic rings. The number of nitrogens with zero attached hydrogens (tertiary/aromatic N) is 1. The van der Waals surface area contributed by atoms with E-state index in [2.05, 4.69) is 10.2 Å². The molecule has 1 aromatic carbocycles. The predicted octanol–water partition coefficient (Wildman–Crippen LogP) is 3.55. The highest BCUT2D eigenvalue weighted by Crippen LogP contribution is 2.40. The minimum absolute atomic E-state index is 0. The van der Waals surface area contributed by atoms with Crippen molar-refractivity contribution in [1.82, 2.24) is 10.2 Å². The fraction of sp³-hybridized carbons (Fsp3) is 0.600. The Bertz CT molecular complexity index is 429. The summed E-state index contributed by atoms with van der Waals surface area (Å²) in [6, 6.07) is 4.12. The van der Waals surface area contributed by atoms with Crippen LogP contribution in [0.3, 0.4) is 0 Å². The van der Waals surface area contributed by atoms with Gasteiger partial charge in [0.05, 0.1) is 0 Å². The zero-order valence-electron chi connectivity index (χ0n) is 11.9. The topological polar surface area (TPSA) is 15.3 Å². The molecule has 1 N–H and O–H groups in total. The fourth-order valence-corrected chi connectivity index (χ4v) is 2.93. The Hall–Kier alpha value is -0.420. The van der Waals surface area contributed by atoms with Crippen LogP contribution in [0.2, 0.25) is 0 Å². The summed E-state index contributed by atoms with van der Waals surface area (Å²) in [7, 11) is 0. The molecule has 0 unspecified atom stereocenters. The van der Waals surface area contributed by atoms with E-state index in [1.54, 1.807) is 0 Å². The molecular weight excluding hydrogens is 317 g/mol. The molecule has 1 aliphatic heterocycles. The van der Waals surface area contributed by atoms with Gasteiger partial charge in [-0.1, -0.05) is 12.8 Å². The molecule has 21 heavy (non-hydrogen) atoms. The molecule has 1 saturated carbocycles. The number of hydrogen-bond donors (Lipinski definition) is 1. The van der Waals surface area contributed by atoms with E-state index in [0.29, 0.717) is 0 Å². The molecule has 6 heteroatoms. The molecule has 120 valence electrons. The summed E-state index contributed by atoms with van der Waals surface area (Å²) < 4.78 is 26.9. The fourth-order valence-electron chi connectivity index (χ4n) is 2.93. The zero-order chi connectivity index (χ0) is 13.2. The molecule has 0 spiro atoms. The van der Waals surface area contributed by atoms with Gasteiger partial charge in [-0.2, -0.15) is 0 Å². The third-order valence-corrected chi connectivity index (χ3v) is 4.12. The number of nitrogens with one attached hydrogen (secondary N) is 1. The van der Waals surface area contributed by atoms with Crippen LogP contribution in [0.4, 0.5) is 8.78 Å². The van der Waals surface area contributed by atoms with Gasteiger partial charge in [0.1, 0.15) is 11.6 Å². The molecule has 1 heterocycles. The predicted molar refractivity (Wildman–Crippen MR) is 85.4 cm³/mol. The third-order valence-electron chi connectivity index (χ3n) is 4.12. The highest BCUT2D eigenvalue weighted by atomic mass is 35.5. The van der Waals surface area contributed by atoms with Crippen molar-refractivity contribution in [3.63, 3.8) is 0 Å². The average Bonchev–Trinajstić information content (AvgIpc) is 3.20. The van der Waals surface area contributed by atoms with E-state index in [1.165, 1.54) is 25.0 Å². The molecule has 0 amide bonds. The highest BCUT2D eigenvalue weighted by Gasteiger charge is 2.30. The lowest BCUT2D eigenvalue weighted by atomic mass is 9.98. The summed E-state index contributed by atoms with van der Waals surface area (Å²) in [5.74, 6) is -0.192. The van der Waals surface area contributed by atoms with Gasteiger partial charge in [-0.15, -0.1) is 24.8 Å². The van der Waals surface area contributed by atoms with Crippen molar-refractivity contribution < 1.29 is 8.78 Å². The number of hydrogen-bond acceptors (Lipinski definition) is 2. The number of benzene rings is 1. The van der Waals surface area contributed by atoms with Gasteiger partial charge in [0.25, 0.3) is 0 Å². The summed E-state index contributed by atoms with van der Waals surface area (Å²) in [6.45, 7) is 3.82. The van der Waals surface area contributed by atoms with E-state index in [0.717, 1.165) is 50.1 Å². The van der Waals surface area contributed by atoms with Crippen molar-refractivity contribution in [3.05, 3.63) is 35.4 Å². The first kappa shape index (κ1) is 18.6. The van der Waals surface area contributed by atoms with E-state index >= 15 is 0 Å². The Labute approximate surface area is 137 Å². The molecule has 3 rings (SSSR count). The summed E-state index contributed by atoms with van der Waals surface area (Å²) in [4.78, 5) is 2.36. The van der Waals surface area contributed by atoms with Crippen molar-refractivity contribution in [2.75, 3.05) is 26.2 Å². The molecule has 2 aliphatic rings. The smallest absolute Gasteiger partial charge is 0.126 e. The van der Waals surface area contributed by atoms with Crippen LogP contribution in [0.15, 0.2) is 18.2 Å². The van der Waals surface area contributed by atoms with E-state index in [1.807, 2.05) is 0 Å². The summed E-state index contributed by atoms with van der Waals surface area (Å²) in [6.07, 6.45) is 3.56. The van der Waals surface area contributed by atoms with E-state index < -0.39 is 11.6 Å². The molecule has 0 bridgehead atoms. The molecular formula is C15H22Cl2F2N2. The van der Waals surface area contributed by atoms with Crippen LogP contribution >= 0.6 is 24.8 Å². The normalized spacial score (nSPS) is 20.3. The molecule has 1 aliphatic carbocycles. The van der Waals surface area contributed by atoms with Gasteiger partial charge in [-0.3, -0.25) is 4.90 Å². The van der Waals surface area contributed by atoms with Crippen LogP contribution in [0.25, 0.3) is 0 Å². The van der Waals surface area contributed by atoms with E-state index in [9.17, 15) is 8.78 Å². The van der Waals surface area contributed by atoms with Crippen LogP contribution in [0.5, 0.6) is 0 Å². The second kappa shape index (κ2) is 8.28. The number of halogens is 4. The lowest BCUT2D eigenvalue weighted by molar-refractivity contribution is 0.160. The van der Waals surface area contributed by atoms with E-state index in [-0.39, 0.29) is 30.9 Å². The Morgan fingerprint density at radius 1 is 1.05 bits per heavy atom. The summed E-state index contributed by atoms with van der Waals surface area (Å²) in [5, 5.41) is 3.32. The Kier molecular flexibility index (Phi) is 7.34. The zero-order valence-corrected chi connectivity index (χ0v) is 13.5. The SMILES string of the molecule is Cl.Cl.Fc1cc(F)cc([C@H](CC2CC2)N2CCNCC2)c1. The maximum absolute atomic E-state index is 13.4. The first-order valence-corrected chi connectivity index (χ1v) is 7.13. The van der Waals surface area contributed by atoms with Crippen LogP contribution in [-0.4, -0.2) is 31.1 Å². The third kappa shape index (κ3) is 5.06. The van der Waals surface area contributed by atoms with Crippen molar-refractivity contribution in [1.29, 1.82) is 0 Å². The van der Waals surface area contributed by atoms with Crippen molar-refractivity contribution in [2.45, 2.75) is 25.3 Å². The van der Waals surface area contributed by atoms with Crippen LogP contribution in [0, 0.1) is 17.6 Å². The maximum Gasteiger partial charge on any atom is 0.126 e. The quantitative estimate of drug-likeness (QED) is 0.902. The highest BCUT2D eigenvalue weighted by molar-refractivity contribution is 5.85. The first-order valence-electron chi connectivity index (χ1n) is 7.13. The molecule has 2 fully saturated rings. The maximum atomic E-state index is 13.4. The van der Waals surface area contributed by atoms with Gasteiger partial charge in [0, 0.05) is 38.3 Å². The second-order valence-electron chi connectivity index (χ2n) is 5.68. The van der Waals surface area contributed by atoms with Gasteiger partial charge in [0.2, 0.25) is 0 Å². The Morgan fingerprint density at radius 3 is 2.14 bits per heavy atom. The van der Waals surface area contributed by atoms with Gasteiger partial charge in [-0.25, -0.2) is 8.78 Å².